The van der Waals surface area contributed by atoms with E-state index in [0.29, 0.717) is 6.10 Å². The molecule has 1 atom stereocenters. The van der Waals surface area contributed by atoms with Gasteiger partial charge in [-0.3, -0.25) is 0 Å². The van der Waals surface area contributed by atoms with Crippen molar-refractivity contribution in [2.24, 2.45) is 0 Å². The van der Waals surface area contributed by atoms with Crippen molar-refractivity contribution < 1.29 is 4.74 Å². The first kappa shape index (κ1) is 13.8. The summed E-state index contributed by atoms with van der Waals surface area (Å²) in [6.45, 7) is 4.42. The lowest BCUT2D eigenvalue weighted by Gasteiger charge is -2.14. The monoisotopic (exact) mass is 232 g/mol. The van der Waals surface area contributed by atoms with Gasteiger partial charge in [0.2, 0.25) is 0 Å². The topological polar surface area (TPSA) is 9.23 Å². The summed E-state index contributed by atoms with van der Waals surface area (Å²) in [4.78, 5) is 0. The molecule has 1 aromatic carbocycles. The van der Waals surface area contributed by atoms with Crippen LogP contribution in [0, 0.1) is 0 Å². The van der Waals surface area contributed by atoms with Crippen LogP contribution in [0.25, 0.3) is 6.08 Å². The van der Waals surface area contributed by atoms with Gasteiger partial charge in [-0.25, -0.2) is 0 Å². The molecule has 1 aromatic rings. The second-order valence-electron chi connectivity index (χ2n) is 4.38. The first-order chi connectivity index (χ1) is 8.36. The SMILES string of the molecule is CCCCCC(CC)O/C=C/c1ccccc1. The lowest BCUT2D eigenvalue weighted by atomic mass is 10.1. The molecule has 1 heteroatoms. The lowest BCUT2D eigenvalue weighted by Crippen LogP contribution is -2.07. The molecule has 1 rings (SSSR count). The molecule has 0 fully saturated rings. The van der Waals surface area contributed by atoms with E-state index in [2.05, 4.69) is 26.0 Å². The molecule has 0 bridgehead atoms. The highest BCUT2D eigenvalue weighted by Crippen LogP contribution is 2.11. The Kier molecular flexibility index (Phi) is 7.20. The van der Waals surface area contributed by atoms with Gasteiger partial charge in [0, 0.05) is 0 Å². The third-order valence-corrected chi connectivity index (χ3v) is 2.92. The number of unbranched alkanes of at least 4 members (excludes halogenated alkanes) is 2. The zero-order chi connectivity index (χ0) is 12.3. The maximum absolute atomic E-state index is 5.76. The van der Waals surface area contributed by atoms with Gasteiger partial charge in [-0.2, -0.15) is 0 Å². The third-order valence-electron chi connectivity index (χ3n) is 2.92. The van der Waals surface area contributed by atoms with Crippen LogP contribution >= 0.6 is 0 Å². The molecule has 0 aliphatic rings. The zero-order valence-corrected chi connectivity index (χ0v) is 11.1. The quantitative estimate of drug-likeness (QED) is 0.451. The van der Waals surface area contributed by atoms with E-state index in [0.717, 1.165) is 6.42 Å². The molecule has 0 saturated heterocycles. The fourth-order valence-electron chi connectivity index (χ4n) is 1.78. The molecule has 94 valence electrons. The Morgan fingerprint density at radius 3 is 2.53 bits per heavy atom. The Morgan fingerprint density at radius 1 is 1.12 bits per heavy atom. The maximum atomic E-state index is 5.76. The van der Waals surface area contributed by atoms with E-state index in [1.54, 1.807) is 0 Å². The van der Waals surface area contributed by atoms with Crippen molar-refractivity contribution in [2.45, 2.75) is 52.1 Å². The van der Waals surface area contributed by atoms with Gasteiger partial charge in [0.1, 0.15) is 0 Å². The Hall–Kier alpha value is -1.24. The molecule has 1 nitrogen and oxygen atoms in total. The average molecular weight is 232 g/mol. The minimum atomic E-state index is 0.376. The zero-order valence-electron chi connectivity index (χ0n) is 11.1. The van der Waals surface area contributed by atoms with Crippen molar-refractivity contribution in [3.63, 3.8) is 0 Å². The van der Waals surface area contributed by atoms with Crippen LogP contribution in [-0.4, -0.2) is 6.10 Å². The number of hydrogen-bond acceptors (Lipinski definition) is 1. The molecule has 0 aliphatic carbocycles. The number of benzene rings is 1. The number of rotatable bonds is 8. The van der Waals surface area contributed by atoms with E-state index in [9.17, 15) is 0 Å². The largest absolute Gasteiger partial charge is 0.498 e. The minimum Gasteiger partial charge on any atom is -0.498 e. The Morgan fingerprint density at radius 2 is 1.88 bits per heavy atom. The predicted molar refractivity (Wildman–Crippen MR) is 74.8 cm³/mol. The Labute approximate surface area is 106 Å². The van der Waals surface area contributed by atoms with Crippen LogP contribution in [0.4, 0.5) is 0 Å². The second kappa shape index (κ2) is 8.86. The number of hydrogen-bond donors (Lipinski definition) is 0. The molecule has 0 heterocycles. The van der Waals surface area contributed by atoms with Gasteiger partial charge < -0.3 is 4.74 Å². The molecule has 0 radical (unpaired) electrons. The summed E-state index contributed by atoms with van der Waals surface area (Å²) in [7, 11) is 0. The molecule has 0 aromatic heterocycles. The van der Waals surface area contributed by atoms with E-state index in [4.69, 9.17) is 4.74 Å². The van der Waals surface area contributed by atoms with Crippen molar-refractivity contribution in [1.29, 1.82) is 0 Å². The smallest absolute Gasteiger partial charge is 0.0975 e. The molecule has 1 unspecified atom stereocenters. The van der Waals surface area contributed by atoms with Gasteiger partial charge in [-0.1, -0.05) is 57.0 Å². The van der Waals surface area contributed by atoms with E-state index < -0.39 is 0 Å². The van der Waals surface area contributed by atoms with Gasteiger partial charge >= 0.3 is 0 Å². The summed E-state index contributed by atoms with van der Waals surface area (Å²) in [5, 5.41) is 0. The van der Waals surface area contributed by atoms with Crippen molar-refractivity contribution in [2.75, 3.05) is 0 Å². The van der Waals surface area contributed by atoms with Gasteiger partial charge in [0.15, 0.2) is 0 Å². The van der Waals surface area contributed by atoms with Gasteiger partial charge in [-0.15, -0.1) is 0 Å². The van der Waals surface area contributed by atoms with Crippen molar-refractivity contribution in [1.82, 2.24) is 0 Å². The van der Waals surface area contributed by atoms with Crippen LogP contribution in [0.5, 0.6) is 0 Å². The minimum absolute atomic E-state index is 0.376. The molecule has 0 amide bonds. The Balaban J connectivity index is 2.29. The lowest BCUT2D eigenvalue weighted by molar-refractivity contribution is 0.130. The van der Waals surface area contributed by atoms with Crippen LogP contribution in [0.3, 0.4) is 0 Å². The Bertz CT molecular complexity index is 303. The van der Waals surface area contributed by atoms with Gasteiger partial charge in [0.25, 0.3) is 0 Å². The predicted octanol–water partition coefficient (Wildman–Crippen LogP) is 5.03. The van der Waals surface area contributed by atoms with Crippen molar-refractivity contribution >= 4 is 6.08 Å². The van der Waals surface area contributed by atoms with E-state index in [-0.39, 0.29) is 0 Å². The first-order valence-electron chi connectivity index (χ1n) is 6.73. The second-order valence-corrected chi connectivity index (χ2v) is 4.38. The summed E-state index contributed by atoms with van der Waals surface area (Å²) in [5.74, 6) is 0. The fourth-order valence-corrected chi connectivity index (χ4v) is 1.78. The molecule has 0 spiro atoms. The normalized spacial score (nSPS) is 12.8. The van der Waals surface area contributed by atoms with Gasteiger partial charge in [-0.05, 0) is 30.9 Å². The molecule has 0 saturated carbocycles. The standard InChI is InChI=1S/C16H24O/c1-3-5-7-12-16(4-2)17-14-13-15-10-8-6-9-11-15/h6,8-11,13-14,16H,3-5,7,12H2,1-2H3/b14-13+. The van der Waals surface area contributed by atoms with E-state index in [1.165, 1.54) is 31.2 Å². The molecule has 0 aliphatic heterocycles. The molecule has 17 heavy (non-hydrogen) atoms. The number of ether oxygens (including phenoxy) is 1. The molecule has 0 N–H and O–H groups in total. The highest BCUT2D eigenvalue weighted by Gasteiger charge is 2.03. The molecular formula is C16H24O. The fraction of sp³-hybridized carbons (Fsp3) is 0.500. The van der Waals surface area contributed by atoms with Crippen LogP contribution in [0.2, 0.25) is 0 Å². The van der Waals surface area contributed by atoms with Crippen molar-refractivity contribution in [3.05, 3.63) is 42.2 Å². The van der Waals surface area contributed by atoms with Crippen LogP contribution in [-0.2, 0) is 4.74 Å². The highest BCUT2D eigenvalue weighted by molar-refractivity contribution is 5.47. The van der Waals surface area contributed by atoms with Gasteiger partial charge in [0.05, 0.1) is 12.4 Å². The summed E-state index contributed by atoms with van der Waals surface area (Å²) < 4.78 is 5.76. The average Bonchev–Trinajstić information content (AvgIpc) is 2.38. The van der Waals surface area contributed by atoms with Crippen LogP contribution in [0.15, 0.2) is 36.6 Å². The highest BCUT2D eigenvalue weighted by atomic mass is 16.5. The molecular weight excluding hydrogens is 208 g/mol. The summed E-state index contributed by atoms with van der Waals surface area (Å²) in [5.41, 5.74) is 1.19. The third kappa shape index (κ3) is 6.15. The first-order valence-corrected chi connectivity index (χ1v) is 6.73. The van der Waals surface area contributed by atoms with E-state index in [1.807, 2.05) is 30.5 Å². The van der Waals surface area contributed by atoms with Crippen molar-refractivity contribution in [3.8, 4) is 0 Å². The summed E-state index contributed by atoms with van der Waals surface area (Å²) in [6.07, 6.45) is 10.4. The maximum Gasteiger partial charge on any atom is 0.0975 e. The van der Waals surface area contributed by atoms with E-state index >= 15 is 0 Å². The summed E-state index contributed by atoms with van der Waals surface area (Å²) >= 11 is 0. The van der Waals surface area contributed by atoms with Crippen LogP contribution in [0.1, 0.15) is 51.5 Å². The van der Waals surface area contributed by atoms with Crippen LogP contribution < -0.4 is 0 Å². The summed E-state index contributed by atoms with van der Waals surface area (Å²) in [6, 6.07) is 10.3.